The van der Waals surface area contributed by atoms with Crippen LogP contribution in [0.25, 0.3) is 0 Å². The Morgan fingerprint density at radius 2 is 2.00 bits per heavy atom. The van der Waals surface area contributed by atoms with Crippen LogP contribution in [0, 0.1) is 0 Å². The van der Waals surface area contributed by atoms with Crippen molar-refractivity contribution in [3.63, 3.8) is 0 Å². The molecule has 0 spiro atoms. The first-order chi connectivity index (χ1) is 10.6. The minimum atomic E-state index is -0.895. The smallest absolute Gasteiger partial charge is 0.266 e. The summed E-state index contributed by atoms with van der Waals surface area (Å²) in [6.45, 7) is 2.40. The van der Waals surface area contributed by atoms with Gasteiger partial charge in [0.25, 0.3) is 5.91 Å². The maximum Gasteiger partial charge on any atom is 0.266 e. The molecule has 7 heteroatoms. The van der Waals surface area contributed by atoms with Gasteiger partial charge < -0.3 is 20.7 Å². The average molecular weight is 305 g/mol. The Bertz CT molecular complexity index is 574. The van der Waals surface area contributed by atoms with E-state index in [0.29, 0.717) is 18.0 Å². The van der Waals surface area contributed by atoms with Gasteiger partial charge in [0.1, 0.15) is 5.75 Å². The van der Waals surface area contributed by atoms with Gasteiger partial charge in [0.2, 0.25) is 11.8 Å². The molecular formula is C15H19N3O4. The Morgan fingerprint density at radius 3 is 2.77 bits per heavy atom. The molecule has 0 bridgehead atoms. The number of fused-ring (bicyclic) bond motifs is 1. The number of carbonyl (C=O) groups excluding carboxylic acids is 3. The van der Waals surface area contributed by atoms with Crippen LogP contribution in [0.5, 0.6) is 5.75 Å². The van der Waals surface area contributed by atoms with E-state index >= 15 is 0 Å². The fourth-order valence-electron chi connectivity index (χ4n) is 1.97. The molecule has 3 amide bonds. The summed E-state index contributed by atoms with van der Waals surface area (Å²) in [6.07, 6.45) is -0.204. The molecule has 7 nitrogen and oxygen atoms in total. The zero-order chi connectivity index (χ0) is 15.9. The predicted octanol–water partition coefficient (Wildman–Crippen LogP) is 0.419. The van der Waals surface area contributed by atoms with Crippen molar-refractivity contribution >= 4 is 23.4 Å². The highest BCUT2D eigenvalue weighted by Crippen LogP contribution is 2.29. The third-order valence-electron chi connectivity index (χ3n) is 3.10. The molecule has 2 rings (SSSR count). The molecule has 0 saturated carbocycles. The summed E-state index contributed by atoms with van der Waals surface area (Å²) >= 11 is 0. The quantitative estimate of drug-likeness (QED) is 0.709. The van der Waals surface area contributed by atoms with E-state index in [-0.39, 0.29) is 24.8 Å². The lowest BCUT2D eigenvalue weighted by molar-refractivity contribution is -0.131. The second-order valence-corrected chi connectivity index (χ2v) is 4.92. The Morgan fingerprint density at radius 1 is 1.23 bits per heavy atom. The number of anilines is 1. The molecule has 0 fully saturated rings. The van der Waals surface area contributed by atoms with Gasteiger partial charge in [0, 0.05) is 6.54 Å². The zero-order valence-corrected chi connectivity index (χ0v) is 12.3. The first-order valence-electron chi connectivity index (χ1n) is 7.20. The Kier molecular flexibility index (Phi) is 5.35. The minimum Gasteiger partial charge on any atom is -0.478 e. The summed E-state index contributed by atoms with van der Waals surface area (Å²) < 4.78 is 5.51. The molecule has 0 aromatic heterocycles. The summed E-state index contributed by atoms with van der Waals surface area (Å²) in [7, 11) is 0. The van der Waals surface area contributed by atoms with E-state index in [1.54, 1.807) is 24.3 Å². The summed E-state index contributed by atoms with van der Waals surface area (Å²) in [5.74, 6) is -0.509. The Balaban J connectivity index is 1.82. The molecule has 0 unspecified atom stereocenters. The van der Waals surface area contributed by atoms with E-state index < -0.39 is 12.0 Å². The number of amides is 3. The van der Waals surface area contributed by atoms with E-state index in [2.05, 4.69) is 16.0 Å². The van der Waals surface area contributed by atoms with Gasteiger partial charge in [0.05, 0.1) is 18.7 Å². The lowest BCUT2D eigenvalue weighted by Crippen LogP contribution is -2.43. The highest BCUT2D eigenvalue weighted by Gasteiger charge is 2.29. The van der Waals surface area contributed by atoms with Crippen LogP contribution in [0.3, 0.4) is 0 Å². The SMILES string of the molecule is CCCNC(=O)CNC(=O)C[C@H]1Oc2ccccc2NC1=O. The van der Waals surface area contributed by atoms with Gasteiger partial charge in [0.15, 0.2) is 6.10 Å². The summed E-state index contributed by atoms with van der Waals surface area (Å²) in [5, 5.41) is 7.81. The molecule has 1 aliphatic rings. The van der Waals surface area contributed by atoms with E-state index in [9.17, 15) is 14.4 Å². The van der Waals surface area contributed by atoms with Crippen LogP contribution >= 0.6 is 0 Å². The average Bonchev–Trinajstić information content (AvgIpc) is 2.51. The van der Waals surface area contributed by atoms with Crippen LogP contribution in [0.4, 0.5) is 5.69 Å². The van der Waals surface area contributed by atoms with Crippen LogP contribution < -0.4 is 20.7 Å². The number of hydrogen-bond donors (Lipinski definition) is 3. The second kappa shape index (κ2) is 7.44. The van der Waals surface area contributed by atoms with Gasteiger partial charge in [-0.1, -0.05) is 19.1 Å². The maximum atomic E-state index is 11.9. The van der Waals surface area contributed by atoms with Crippen LogP contribution in [0.15, 0.2) is 24.3 Å². The van der Waals surface area contributed by atoms with Crippen LogP contribution in [0.1, 0.15) is 19.8 Å². The Labute approximate surface area is 128 Å². The standard InChI is InChI=1S/C15H19N3O4/c1-2-7-16-14(20)9-17-13(19)8-12-15(21)18-10-5-3-4-6-11(10)22-12/h3-6,12H,2,7-9H2,1H3,(H,16,20)(H,17,19)(H,18,21)/t12-/m1/s1. The molecule has 1 aromatic rings. The van der Waals surface area contributed by atoms with Gasteiger partial charge >= 0.3 is 0 Å². The van der Waals surface area contributed by atoms with Gasteiger partial charge in [-0.2, -0.15) is 0 Å². The topological polar surface area (TPSA) is 96.5 Å². The molecule has 1 aliphatic heterocycles. The summed E-state index contributed by atoms with van der Waals surface area (Å²) in [5.41, 5.74) is 0.586. The fraction of sp³-hybridized carbons (Fsp3) is 0.400. The first-order valence-corrected chi connectivity index (χ1v) is 7.20. The third-order valence-corrected chi connectivity index (χ3v) is 3.10. The van der Waals surface area contributed by atoms with Crippen molar-refractivity contribution in [2.45, 2.75) is 25.9 Å². The summed E-state index contributed by atoms with van der Waals surface area (Å²) in [4.78, 5) is 35.1. The van der Waals surface area contributed by atoms with Crippen molar-refractivity contribution in [1.82, 2.24) is 10.6 Å². The molecule has 0 aliphatic carbocycles. The van der Waals surface area contributed by atoms with Crippen molar-refractivity contribution in [2.24, 2.45) is 0 Å². The predicted molar refractivity (Wildman–Crippen MR) is 80.4 cm³/mol. The number of rotatable bonds is 6. The molecule has 0 saturated heterocycles. The van der Waals surface area contributed by atoms with Crippen molar-refractivity contribution in [1.29, 1.82) is 0 Å². The van der Waals surface area contributed by atoms with Crippen molar-refractivity contribution in [2.75, 3.05) is 18.4 Å². The largest absolute Gasteiger partial charge is 0.478 e. The highest BCUT2D eigenvalue weighted by molar-refractivity contribution is 6.00. The van der Waals surface area contributed by atoms with Crippen LogP contribution in [-0.4, -0.2) is 36.9 Å². The van der Waals surface area contributed by atoms with Gasteiger partial charge in [-0.3, -0.25) is 14.4 Å². The number of ether oxygens (including phenoxy) is 1. The van der Waals surface area contributed by atoms with E-state index in [1.807, 2.05) is 6.92 Å². The number of hydrogen-bond acceptors (Lipinski definition) is 4. The maximum absolute atomic E-state index is 11.9. The van der Waals surface area contributed by atoms with E-state index in [4.69, 9.17) is 4.74 Å². The molecule has 22 heavy (non-hydrogen) atoms. The summed E-state index contributed by atoms with van der Waals surface area (Å²) in [6, 6.07) is 7.01. The fourth-order valence-corrected chi connectivity index (χ4v) is 1.97. The number of nitrogens with one attached hydrogen (secondary N) is 3. The number of carbonyl (C=O) groups is 3. The monoisotopic (exact) mass is 305 g/mol. The second-order valence-electron chi connectivity index (χ2n) is 4.92. The van der Waals surface area contributed by atoms with Gasteiger partial charge in [-0.15, -0.1) is 0 Å². The van der Waals surface area contributed by atoms with Crippen molar-refractivity contribution in [3.05, 3.63) is 24.3 Å². The lowest BCUT2D eigenvalue weighted by atomic mass is 10.1. The minimum absolute atomic E-state index is 0.107. The number of benzene rings is 1. The van der Waals surface area contributed by atoms with Crippen LogP contribution in [0.2, 0.25) is 0 Å². The van der Waals surface area contributed by atoms with Gasteiger partial charge in [-0.25, -0.2) is 0 Å². The van der Waals surface area contributed by atoms with Crippen molar-refractivity contribution < 1.29 is 19.1 Å². The lowest BCUT2D eigenvalue weighted by Gasteiger charge is -2.25. The molecule has 1 aromatic carbocycles. The third kappa shape index (κ3) is 4.21. The Hall–Kier alpha value is -2.57. The van der Waals surface area contributed by atoms with Gasteiger partial charge in [-0.05, 0) is 18.6 Å². The molecule has 1 heterocycles. The molecule has 3 N–H and O–H groups in total. The normalized spacial score (nSPS) is 16.0. The first kappa shape index (κ1) is 15.8. The molecule has 1 atom stereocenters. The molecule has 0 radical (unpaired) electrons. The van der Waals surface area contributed by atoms with E-state index in [0.717, 1.165) is 6.42 Å². The highest BCUT2D eigenvalue weighted by atomic mass is 16.5. The van der Waals surface area contributed by atoms with E-state index in [1.165, 1.54) is 0 Å². The molecular weight excluding hydrogens is 286 g/mol. The number of para-hydroxylation sites is 2. The zero-order valence-electron chi connectivity index (χ0n) is 12.3. The van der Waals surface area contributed by atoms with Crippen molar-refractivity contribution in [3.8, 4) is 5.75 Å². The van der Waals surface area contributed by atoms with Crippen LogP contribution in [-0.2, 0) is 14.4 Å². The molecule has 118 valence electrons.